The van der Waals surface area contributed by atoms with Crippen molar-refractivity contribution < 1.29 is 23.9 Å². The maximum Gasteiger partial charge on any atom is 0.306 e. The van der Waals surface area contributed by atoms with Crippen LogP contribution in [0.3, 0.4) is 0 Å². The Morgan fingerprint density at radius 2 is 0.855 bits per heavy atom. The third kappa shape index (κ3) is 48.4. The molecule has 62 heavy (non-hydrogen) atoms. The van der Waals surface area contributed by atoms with Crippen LogP contribution in [-0.4, -0.2) is 62.6 Å². The zero-order valence-electron chi connectivity index (χ0n) is 41.3. The minimum Gasteiger partial charge on any atom is -0.462 e. The minimum atomic E-state index is -0.0676. The van der Waals surface area contributed by atoms with Gasteiger partial charge in [0.1, 0.15) is 12.7 Å². The molecule has 0 saturated carbocycles. The molecule has 0 heterocycles. The summed E-state index contributed by atoms with van der Waals surface area (Å²) < 4.78 is 11.3. The minimum absolute atomic E-state index is 0.0128. The van der Waals surface area contributed by atoms with E-state index in [9.17, 15) is 14.4 Å². The lowest BCUT2D eigenvalue weighted by molar-refractivity contribution is -0.150. The largest absolute Gasteiger partial charge is 0.462 e. The van der Waals surface area contributed by atoms with E-state index in [0.29, 0.717) is 32.4 Å². The predicted octanol–water partition coefficient (Wildman–Crippen LogP) is 15.4. The number of unbranched alkanes of at least 4 members (excludes halogenated alkanes) is 24. The summed E-state index contributed by atoms with van der Waals surface area (Å²) in [6, 6.07) is 0. The third-order valence-electron chi connectivity index (χ3n) is 11.4. The summed E-state index contributed by atoms with van der Waals surface area (Å²) >= 11 is 0. The Labute approximate surface area is 384 Å². The molecule has 7 nitrogen and oxygen atoms in total. The molecule has 1 amide bonds. The van der Waals surface area contributed by atoms with Gasteiger partial charge in [-0.2, -0.15) is 0 Å². The molecule has 0 aliphatic rings. The van der Waals surface area contributed by atoms with E-state index in [0.717, 1.165) is 96.4 Å². The van der Waals surface area contributed by atoms with Crippen molar-refractivity contribution in [1.82, 2.24) is 10.2 Å². The number of hydrogen-bond donors (Lipinski definition) is 1. The van der Waals surface area contributed by atoms with Crippen LogP contribution in [0.25, 0.3) is 0 Å². The molecule has 7 heteroatoms. The summed E-state index contributed by atoms with van der Waals surface area (Å²) in [5.41, 5.74) is 0. The zero-order valence-corrected chi connectivity index (χ0v) is 41.3. The maximum absolute atomic E-state index is 12.6. The van der Waals surface area contributed by atoms with Gasteiger partial charge in [0.15, 0.2) is 0 Å². The van der Waals surface area contributed by atoms with E-state index in [2.05, 4.69) is 80.7 Å². The van der Waals surface area contributed by atoms with Gasteiger partial charge in [-0.05, 0) is 130 Å². The summed E-state index contributed by atoms with van der Waals surface area (Å²) in [4.78, 5) is 38.4. The fourth-order valence-corrected chi connectivity index (χ4v) is 7.54. The van der Waals surface area contributed by atoms with Crippen LogP contribution in [0.1, 0.15) is 245 Å². The molecule has 0 bridgehead atoms. The molecule has 0 fully saturated rings. The number of allylic oxidation sites excluding steroid dienone is 6. The van der Waals surface area contributed by atoms with Crippen molar-refractivity contribution in [3.63, 3.8) is 0 Å². The number of nitrogens with one attached hydrogen (secondary N) is 1. The van der Waals surface area contributed by atoms with Gasteiger partial charge < -0.3 is 19.7 Å². The van der Waals surface area contributed by atoms with E-state index < -0.39 is 0 Å². The molecule has 0 aliphatic carbocycles. The molecule has 0 aromatic heterocycles. The van der Waals surface area contributed by atoms with E-state index in [4.69, 9.17) is 9.47 Å². The first-order valence-corrected chi connectivity index (χ1v) is 26.2. The highest BCUT2D eigenvalue weighted by Crippen LogP contribution is 2.19. The van der Waals surface area contributed by atoms with Crippen LogP contribution in [0.4, 0.5) is 0 Å². The molecular weight excluding hydrogens is 769 g/mol. The van der Waals surface area contributed by atoms with Gasteiger partial charge in [-0.15, -0.1) is 0 Å². The second-order valence-electron chi connectivity index (χ2n) is 18.0. The van der Waals surface area contributed by atoms with Crippen LogP contribution in [0, 0.1) is 0 Å². The van der Waals surface area contributed by atoms with Crippen LogP contribution in [-0.2, 0) is 23.9 Å². The maximum atomic E-state index is 12.6. The summed E-state index contributed by atoms with van der Waals surface area (Å²) in [6.45, 7) is 6.31. The molecule has 0 rings (SSSR count). The van der Waals surface area contributed by atoms with E-state index in [1.807, 2.05) is 6.08 Å². The molecule has 0 aromatic carbocycles. The van der Waals surface area contributed by atoms with Crippen molar-refractivity contribution in [2.75, 3.05) is 33.8 Å². The standard InChI is InChI=1S/C55H100N2O5/c1-5-7-9-41-49-56-53(58)46-39-35-31-27-23-19-15-11-13-17-21-25-29-33-37-44-52(62-55(60)48-43-50-57(3)4)45-38-34-30-26-22-18-14-12-16-20-24-28-32-36-40-47-54(59)61-51-42-10-8-6-2/h9-12,15-16,41-42,52H,5-8,13-14,17-40,43-51H2,1-4H3,(H,56,58). The van der Waals surface area contributed by atoms with Gasteiger partial charge in [0.2, 0.25) is 5.91 Å². The highest BCUT2D eigenvalue weighted by atomic mass is 16.5. The van der Waals surface area contributed by atoms with Crippen LogP contribution >= 0.6 is 0 Å². The quantitative estimate of drug-likeness (QED) is 0.0373. The van der Waals surface area contributed by atoms with Crippen molar-refractivity contribution in [2.24, 2.45) is 0 Å². The number of hydrogen-bond acceptors (Lipinski definition) is 6. The lowest BCUT2D eigenvalue weighted by Gasteiger charge is -2.18. The average Bonchev–Trinajstić information content (AvgIpc) is 3.25. The van der Waals surface area contributed by atoms with Crippen LogP contribution in [0.5, 0.6) is 0 Å². The lowest BCUT2D eigenvalue weighted by Crippen LogP contribution is -2.22. The van der Waals surface area contributed by atoms with Crippen molar-refractivity contribution in [3.05, 3.63) is 48.6 Å². The van der Waals surface area contributed by atoms with Crippen LogP contribution in [0.2, 0.25) is 0 Å². The average molecular weight is 869 g/mol. The SMILES string of the molecule is CCCC=CCNC(=O)CCCCCCCC=CCCCCCCCCC(CCCCCCCCC=CCCCCCCCC(=O)OCC=CCCC)OC(=O)CCCN(C)C. The van der Waals surface area contributed by atoms with E-state index >= 15 is 0 Å². The van der Waals surface area contributed by atoms with Gasteiger partial charge >= 0.3 is 11.9 Å². The normalized spacial score (nSPS) is 12.5. The number of ether oxygens (including phenoxy) is 2. The molecule has 0 aromatic rings. The van der Waals surface area contributed by atoms with Crippen molar-refractivity contribution in [1.29, 1.82) is 0 Å². The first kappa shape index (κ1) is 59.3. The molecular formula is C55H100N2O5. The molecule has 1 atom stereocenters. The second-order valence-corrected chi connectivity index (χ2v) is 18.0. The number of esters is 2. The molecule has 0 spiro atoms. The molecule has 360 valence electrons. The Balaban J connectivity index is 3.91. The summed E-state index contributed by atoms with van der Waals surface area (Å²) in [5.74, 6) is 0.101. The smallest absolute Gasteiger partial charge is 0.306 e. The first-order chi connectivity index (χ1) is 30.4. The molecule has 0 aliphatic heterocycles. The lowest BCUT2D eigenvalue weighted by atomic mass is 10.0. The Hall–Kier alpha value is -2.67. The number of nitrogens with zero attached hydrogens (tertiary/aromatic N) is 1. The number of carbonyl (C=O) groups excluding carboxylic acids is 3. The Morgan fingerprint density at radius 3 is 1.34 bits per heavy atom. The second kappa shape index (κ2) is 49.3. The van der Waals surface area contributed by atoms with Crippen LogP contribution in [0.15, 0.2) is 48.6 Å². The number of carbonyl (C=O) groups is 3. The number of rotatable bonds is 47. The number of amides is 1. The summed E-state index contributed by atoms with van der Waals surface area (Å²) in [7, 11) is 4.11. The van der Waals surface area contributed by atoms with Gasteiger partial charge in [0, 0.05) is 25.8 Å². The van der Waals surface area contributed by atoms with Gasteiger partial charge in [0.05, 0.1) is 0 Å². The molecule has 0 radical (unpaired) electrons. The van der Waals surface area contributed by atoms with Crippen molar-refractivity contribution >= 4 is 17.8 Å². The molecule has 1 unspecified atom stereocenters. The fourth-order valence-electron chi connectivity index (χ4n) is 7.54. The van der Waals surface area contributed by atoms with Crippen LogP contribution < -0.4 is 5.32 Å². The zero-order chi connectivity index (χ0) is 45.2. The summed E-state index contributed by atoms with van der Waals surface area (Å²) in [5, 5.41) is 2.98. The highest BCUT2D eigenvalue weighted by molar-refractivity contribution is 5.75. The fraction of sp³-hybridized carbons (Fsp3) is 0.800. The van der Waals surface area contributed by atoms with E-state index in [1.165, 1.54) is 122 Å². The summed E-state index contributed by atoms with van der Waals surface area (Å²) in [6.07, 6.45) is 58.1. The van der Waals surface area contributed by atoms with Gasteiger partial charge in [-0.1, -0.05) is 165 Å². The molecule has 1 N–H and O–H groups in total. The monoisotopic (exact) mass is 869 g/mol. The third-order valence-corrected chi connectivity index (χ3v) is 11.4. The predicted molar refractivity (Wildman–Crippen MR) is 267 cm³/mol. The van der Waals surface area contributed by atoms with Gasteiger partial charge in [-0.3, -0.25) is 14.4 Å². The molecule has 0 saturated heterocycles. The van der Waals surface area contributed by atoms with Gasteiger partial charge in [-0.25, -0.2) is 0 Å². The highest BCUT2D eigenvalue weighted by Gasteiger charge is 2.14. The Bertz CT molecular complexity index is 1040. The topological polar surface area (TPSA) is 84.9 Å². The van der Waals surface area contributed by atoms with E-state index in [1.54, 1.807) is 0 Å². The van der Waals surface area contributed by atoms with Gasteiger partial charge in [0.25, 0.3) is 0 Å². The van der Waals surface area contributed by atoms with E-state index in [-0.39, 0.29) is 23.9 Å². The first-order valence-electron chi connectivity index (χ1n) is 26.2. The van der Waals surface area contributed by atoms with Crippen molar-refractivity contribution in [3.8, 4) is 0 Å². The Kier molecular flexibility index (Phi) is 47.2. The Morgan fingerprint density at radius 1 is 0.452 bits per heavy atom. The van der Waals surface area contributed by atoms with Crippen molar-refractivity contribution in [2.45, 2.75) is 251 Å².